The van der Waals surface area contributed by atoms with E-state index < -0.39 is 16.8 Å². The molecule has 1 atom stereocenters. The highest BCUT2D eigenvalue weighted by Gasteiger charge is 2.27. The summed E-state index contributed by atoms with van der Waals surface area (Å²) >= 11 is 6.57. The molecule has 2 aliphatic rings. The van der Waals surface area contributed by atoms with E-state index in [9.17, 15) is 9.00 Å². The fourth-order valence-corrected chi connectivity index (χ4v) is 5.15. The summed E-state index contributed by atoms with van der Waals surface area (Å²) in [5.74, 6) is 0.818. The van der Waals surface area contributed by atoms with Crippen molar-refractivity contribution >= 4 is 46.5 Å². The Morgan fingerprint density at radius 2 is 1.93 bits per heavy atom. The molecular weight excluding hydrogens is 435 g/mol. The predicted octanol–water partition coefficient (Wildman–Crippen LogP) is 3.68. The van der Waals surface area contributed by atoms with Gasteiger partial charge < -0.3 is 19.7 Å². The quantitative estimate of drug-likeness (QED) is 0.695. The first-order chi connectivity index (χ1) is 13.5. The number of anilines is 1. The van der Waals surface area contributed by atoms with Gasteiger partial charge in [-0.25, -0.2) is 4.79 Å². The molecule has 0 spiro atoms. The van der Waals surface area contributed by atoms with Crippen LogP contribution in [0, 0.1) is 6.92 Å². The molecule has 9 heteroatoms. The predicted molar refractivity (Wildman–Crippen MR) is 116 cm³/mol. The average molecular weight is 457 g/mol. The van der Waals surface area contributed by atoms with Crippen LogP contribution in [0.3, 0.4) is 0 Å². The van der Waals surface area contributed by atoms with Gasteiger partial charge in [0.2, 0.25) is 0 Å². The second-order valence-electron chi connectivity index (χ2n) is 6.86. The number of piperazine rings is 1. The standard InChI is InChI=1S/C20H21ClN2O4S.ClH/c1-12-7-13(20(24)26-2)9-17-18(12)27-19-14(11-28(17)25)8-15(10-16(19)21)23-5-3-22-4-6-23;/h7-10,22H,3-6,11H2,1-2H3;1H. The number of nitrogens with zero attached hydrogens (tertiary/aromatic N) is 1. The minimum atomic E-state index is -1.38. The smallest absolute Gasteiger partial charge is 0.337 e. The molecule has 0 saturated carbocycles. The van der Waals surface area contributed by atoms with Crippen molar-refractivity contribution in [1.82, 2.24) is 5.32 Å². The Balaban J connectivity index is 0.00000240. The van der Waals surface area contributed by atoms with Gasteiger partial charge in [0.05, 0.1) is 39.1 Å². The molecule has 2 aromatic carbocycles. The molecule has 2 heterocycles. The molecule has 156 valence electrons. The third kappa shape index (κ3) is 4.23. The number of rotatable bonds is 2. The molecule has 0 amide bonds. The van der Waals surface area contributed by atoms with Crippen LogP contribution in [0.25, 0.3) is 0 Å². The van der Waals surface area contributed by atoms with Crippen molar-refractivity contribution < 1.29 is 18.5 Å². The highest BCUT2D eigenvalue weighted by molar-refractivity contribution is 7.84. The monoisotopic (exact) mass is 456 g/mol. The van der Waals surface area contributed by atoms with E-state index in [4.69, 9.17) is 21.1 Å². The fourth-order valence-electron chi connectivity index (χ4n) is 3.56. The van der Waals surface area contributed by atoms with Crippen molar-refractivity contribution in [3.05, 3.63) is 46.0 Å². The van der Waals surface area contributed by atoms with Crippen LogP contribution in [0.2, 0.25) is 5.02 Å². The fraction of sp³-hybridized carbons (Fsp3) is 0.350. The van der Waals surface area contributed by atoms with Crippen molar-refractivity contribution in [1.29, 1.82) is 0 Å². The van der Waals surface area contributed by atoms with Crippen LogP contribution in [0.5, 0.6) is 11.5 Å². The van der Waals surface area contributed by atoms with Gasteiger partial charge in [-0.3, -0.25) is 4.21 Å². The highest BCUT2D eigenvalue weighted by Crippen LogP contribution is 2.44. The minimum absolute atomic E-state index is 0. The number of halogens is 2. The van der Waals surface area contributed by atoms with Gasteiger partial charge in [-0.1, -0.05) is 11.6 Å². The third-order valence-corrected chi connectivity index (χ3v) is 6.63. The van der Waals surface area contributed by atoms with Crippen molar-refractivity contribution in [3.8, 4) is 11.5 Å². The van der Waals surface area contributed by atoms with Gasteiger partial charge in [-0.05, 0) is 36.8 Å². The van der Waals surface area contributed by atoms with E-state index >= 15 is 0 Å². The summed E-state index contributed by atoms with van der Waals surface area (Å²) in [4.78, 5) is 14.7. The molecule has 29 heavy (non-hydrogen) atoms. The summed E-state index contributed by atoms with van der Waals surface area (Å²) in [7, 11) is -0.0532. The van der Waals surface area contributed by atoms with Crippen molar-refractivity contribution in [3.63, 3.8) is 0 Å². The number of hydrogen-bond acceptors (Lipinski definition) is 6. The summed E-state index contributed by atoms with van der Waals surface area (Å²) in [5.41, 5.74) is 2.87. The number of fused-ring (bicyclic) bond motifs is 2. The molecule has 1 unspecified atom stereocenters. The number of carbonyl (C=O) groups is 1. The Labute approximate surface area is 183 Å². The van der Waals surface area contributed by atoms with Gasteiger partial charge in [0, 0.05) is 37.4 Å². The lowest BCUT2D eigenvalue weighted by Crippen LogP contribution is -2.43. The zero-order valence-electron chi connectivity index (χ0n) is 16.1. The van der Waals surface area contributed by atoms with E-state index in [2.05, 4.69) is 10.2 Å². The molecule has 0 radical (unpaired) electrons. The maximum Gasteiger partial charge on any atom is 0.337 e. The van der Waals surface area contributed by atoms with Crippen molar-refractivity contribution in [2.75, 3.05) is 38.2 Å². The zero-order chi connectivity index (χ0) is 19.8. The largest absolute Gasteiger partial charge is 0.465 e. The summed E-state index contributed by atoms with van der Waals surface area (Å²) in [6.45, 7) is 5.42. The van der Waals surface area contributed by atoms with Crippen molar-refractivity contribution in [2.24, 2.45) is 0 Å². The maximum absolute atomic E-state index is 13.1. The number of esters is 1. The average Bonchev–Trinajstić information content (AvgIpc) is 2.85. The Hall–Kier alpha value is -1.80. The zero-order valence-corrected chi connectivity index (χ0v) is 18.5. The SMILES string of the molecule is COC(=O)c1cc(C)c2c(c1)S(=O)Cc1cc(N3CCNCC3)cc(Cl)c1O2.Cl. The number of ether oxygens (including phenoxy) is 2. The number of hydrogen-bond donors (Lipinski definition) is 1. The van der Waals surface area contributed by atoms with Gasteiger partial charge in [0.25, 0.3) is 0 Å². The van der Waals surface area contributed by atoms with Crippen LogP contribution in [0.4, 0.5) is 5.69 Å². The second-order valence-corrected chi connectivity index (χ2v) is 8.68. The van der Waals surface area contributed by atoms with Crippen LogP contribution in [0.15, 0.2) is 29.2 Å². The van der Waals surface area contributed by atoms with E-state index in [1.807, 2.05) is 19.1 Å². The molecule has 0 aromatic heterocycles. The lowest BCUT2D eigenvalue weighted by molar-refractivity contribution is 0.0600. The molecule has 1 N–H and O–H groups in total. The van der Waals surface area contributed by atoms with Crippen LogP contribution in [0.1, 0.15) is 21.5 Å². The van der Waals surface area contributed by atoms with E-state index in [-0.39, 0.29) is 18.2 Å². The molecule has 2 aliphatic heterocycles. The molecule has 4 rings (SSSR count). The number of nitrogens with one attached hydrogen (secondary N) is 1. The van der Waals surface area contributed by atoms with Crippen LogP contribution in [-0.4, -0.2) is 43.5 Å². The summed E-state index contributed by atoms with van der Waals surface area (Å²) in [6.07, 6.45) is 0. The molecule has 2 aromatic rings. The Bertz CT molecular complexity index is 977. The summed E-state index contributed by atoms with van der Waals surface area (Å²) < 4.78 is 24.0. The number of aryl methyl sites for hydroxylation is 1. The summed E-state index contributed by atoms with van der Waals surface area (Å²) in [5, 5.41) is 3.82. The highest BCUT2D eigenvalue weighted by atomic mass is 35.5. The number of benzene rings is 2. The van der Waals surface area contributed by atoms with E-state index in [1.165, 1.54) is 7.11 Å². The number of methoxy groups -OCH3 is 1. The van der Waals surface area contributed by atoms with Crippen LogP contribution < -0.4 is 15.0 Å². The van der Waals surface area contributed by atoms with Gasteiger partial charge in [0.1, 0.15) is 11.5 Å². The lowest BCUT2D eigenvalue weighted by Gasteiger charge is -2.30. The molecule has 6 nitrogen and oxygen atoms in total. The topological polar surface area (TPSA) is 67.9 Å². The van der Waals surface area contributed by atoms with Gasteiger partial charge in [-0.2, -0.15) is 0 Å². The van der Waals surface area contributed by atoms with Gasteiger partial charge in [-0.15, -0.1) is 12.4 Å². The molecular formula is C20H22Cl2N2O4S. The summed E-state index contributed by atoms with van der Waals surface area (Å²) in [6, 6.07) is 7.17. The van der Waals surface area contributed by atoms with E-state index in [0.29, 0.717) is 32.5 Å². The van der Waals surface area contributed by atoms with Crippen molar-refractivity contribution in [2.45, 2.75) is 17.6 Å². The third-order valence-electron chi connectivity index (χ3n) is 4.99. The first kappa shape index (κ1) is 21.9. The molecule has 0 bridgehead atoms. The molecule has 1 saturated heterocycles. The van der Waals surface area contributed by atoms with E-state index in [1.54, 1.807) is 12.1 Å². The van der Waals surface area contributed by atoms with Gasteiger partial charge in [0.15, 0.2) is 0 Å². The van der Waals surface area contributed by atoms with Gasteiger partial charge >= 0.3 is 5.97 Å². The van der Waals surface area contributed by atoms with Crippen LogP contribution >= 0.6 is 24.0 Å². The molecule has 1 fully saturated rings. The Kier molecular flexibility index (Phi) is 6.73. The lowest BCUT2D eigenvalue weighted by atomic mass is 10.1. The minimum Gasteiger partial charge on any atom is -0.465 e. The van der Waals surface area contributed by atoms with Crippen LogP contribution in [-0.2, 0) is 21.3 Å². The molecule has 0 aliphatic carbocycles. The number of carbonyl (C=O) groups excluding carboxylic acids is 1. The first-order valence-electron chi connectivity index (χ1n) is 9.05. The Morgan fingerprint density at radius 1 is 1.21 bits per heavy atom. The van der Waals surface area contributed by atoms with E-state index in [0.717, 1.165) is 37.4 Å². The maximum atomic E-state index is 13.1. The normalized spacial score (nSPS) is 17.9. The first-order valence-corrected chi connectivity index (χ1v) is 10.7. The second kappa shape index (κ2) is 8.92. The Morgan fingerprint density at radius 3 is 2.62 bits per heavy atom.